The molecule has 0 heterocycles. The second kappa shape index (κ2) is 4.49. The summed E-state index contributed by atoms with van der Waals surface area (Å²) in [6.07, 6.45) is 3.48. The van der Waals surface area contributed by atoms with Crippen LogP contribution in [0, 0.1) is 0 Å². The summed E-state index contributed by atoms with van der Waals surface area (Å²) in [4.78, 5) is 20.7. The van der Waals surface area contributed by atoms with Gasteiger partial charge in [0.15, 0.2) is 0 Å². The first kappa shape index (κ1) is 13.7. The summed E-state index contributed by atoms with van der Waals surface area (Å²) in [6, 6.07) is 0. The van der Waals surface area contributed by atoms with Gasteiger partial charge in [-0.2, -0.15) is 0 Å². The van der Waals surface area contributed by atoms with Gasteiger partial charge in [0.25, 0.3) is 14.2 Å². The number of hydrogen-bond donors (Lipinski definition) is 0. The standard InChI is InChI=1S/C8H5Cl3O4S/c9-7(13)8(10)3-1-2-5(4-8)6(12)16(11,14)15/h1-3H,4H2. The molecule has 0 bridgehead atoms. The molecule has 0 aromatic heterocycles. The summed E-state index contributed by atoms with van der Waals surface area (Å²) in [7, 11) is 0.526. The minimum absolute atomic E-state index is 0.179. The maximum Gasteiger partial charge on any atom is 0.299 e. The summed E-state index contributed by atoms with van der Waals surface area (Å²) >= 11 is 11.0. The lowest BCUT2D eigenvalue weighted by Gasteiger charge is -2.21. The minimum atomic E-state index is -4.36. The van der Waals surface area contributed by atoms with E-state index in [1.54, 1.807) is 0 Å². The highest BCUT2D eigenvalue weighted by molar-refractivity contribution is 8.25. The minimum Gasteiger partial charge on any atom is -0.279 e. The Bertz CT molecular complexity index is 505. The van der Waals surface area contributed by atoms with E-state index in [2.05, 4.69) is 0 Å². The number of alkyl halides is 1. The Morgan fingerprint density at radius 2 is 1.94 bits per heavy atom. The van der Waals surface area contributed by atoms with Crippen LogP contribution in [0.5, 0.6) is 0 Å². The lowest BCUT2D eigenvalue weighted by atomic mass is 9.95. The number of allylic oxidation sites excluding steroid dienone is 3. The molecular formula is C8H5Cl3O4S. The second-order valence-corrected chi connectivity index (χ2v) is 6.57. The number of halogens is 3. The van der Waals surface area contributed by atoms with Gasteiger partial charge in [-0.3, -0.25) is 9.59 Å². The topological polar surface area (TPSA) is 68.3 Å². The van der Waals surface area contributed by atoms with Crippen LogP contribution in [0.3, 0.4) is 0 Å². The van der Waals surface area contributed by atoms with Gasteiger partial charge >= 0.3 is 0 Å². The molecule has 4 nitrogen and oxygen atoms in total. The highest BCUT2D eigenvalue weighted by atomic mass is 35.7. The molecule has 8 heteroatoms. The molecule has 1 rings (SSSR count). The molecule has 0 aliphatic heterocycles. The van der Waals surface area contributed by atoms with Gasteiger partial charge in [0.2, 0.25) is 5.24 Å². The number of carbonyl (C=O) groups is 2. The van der Waals surface area contributed by atoms with Gasteiger partial charge in [-0.25, -0.2) is 8.42 Å². The molecule has 1 unspecified atom stereocenters. The summed E-state index contributed by atoms with van der Waals surface area (Å²) in [5.74, 6) is 0. The van der Waals surface area contributed by atoms with E-state index >= 15 is 0 Å². The van der Waals surface area contributed by atoms with Crippen LogP contribution < -0.4 is 0 Å². The fourth-order valence-corrected chi connectivity index (χ4v) is 2.24. The number of hydrogen-bond acceptors (Lipinski definition) is 4. The summed E-state index contributed by atoms with van der Waals surface area (Å²) in [5.41, 5.74) is -0.179. The third-order valence-electron chi connectivity index (χ3n) is 1.92. The highest BCUT2D eigenvalue weighted by Gasteiger charge is 2.38. The predicted octanol–water partition coefficient (Wildman–Crippen LogP) is 1.71. The highest BCUT2D eigenvalue weighted by Crippen LogP contribution is 2.33. The van der Waals surface area contributed by atoms with Gasteiger partial charge < -0.3 is 0 Å². The molecule has 0 spiro atoms. The summed E-state index contributed by atoms with van der Waals surface area (Å²) < 4.78 is 21.6. The van der Waals surface area contributed by atoms with Crippen molar-refractivity contribution in [3.63, 3.8) is 0 Å². The SMILES string of the molecule is O=C(Cl)C1(Cl)C=CC=C(C(=O)S(=O)(=O)Cl)C1. The third kappa shape index (κ3) is 2.85. The summed E-state index contributed by atoms with van der Waals surface area (Å²) in [6.45, 7) is 0. The van der Waals surface area contributed by atoms with E-state index in [0.717, 1.165) is 0 Å². The molecule has 0 radical (unpaired) electrons. The molecule has 0 saturated heterocycles. The van der Waals surface area contributed by atoms with Crippen molar-refractivity contribution >= 4 is 53.3 Å². The zero-order chi connectivity index (χ0) is 12.6. The van der Waals surface area contributed by atoms with Crippen molar-refractivity contribution in [1.29, 1.82) is 0 Å². The number of carbonyl (C=O) groups excluding carboxylic acids is 2. The summed E-state index contributed by atoms with van der Waals surface area (Å²) in [5, 5.41) is -2.17. The van der Waals surface area contributed by atoms with Crippen LogP contribution >= 0.6 is 33.9 Å². The van der Waals surface area contributed by atoms with Crippen LogP contribution in [-0.2, 0) is 18.6 Å². The Balaban J connectivity index is 3.06. The second-order valence-electron chi connectivity index (χ2n) is 3.09. The molecule has 0 fully saturated rings. The largest absolute Gasteiger partial charge is 0.299 e. The van der Waals surface area contributed by atoms with Gasteiger partial charge in [-0.05, 0) is 11.6 Å². The number of rotatable bonds is 2. The molecule has 1 aliphatic carbocycles. The first-order chi connectivity index (χ1) is 7.17. The van der Waals surface area contributed by atoms with E-state index < -0.39 is 24.3 Å². The van der Waals surface area contributed by atoms with Gasteiger partial charge in [0.05, 0.1) is 0 Å². The van der Waals surface area contributed by atoms with E-state index in [4.69, 9.17) is 33.9 Å². The van der Waals surface area contributed by atoms with Crippen LogP contribution in [0.1, 0.15) is 6.42 Å². The van der Waals surface area contributed by atoms with Gasteiger partial charge in [0, 0.05) is 22.7 Å². The molecular weight excluding hydrogens is 299 g/mol. The average Bonchev–Trinajstić information content (AvgIpc) is 2.15. The van der Waals surface area contributed by atoms with Gasteiger partial charge in [-0.15, -0.1) is 11.6 Å². The van der Waals surface area contributed by atoms with Crippen LogP contribution in [0.4, 0.5) is 0 Å². The normalized spacial score (nSPS) is 25.1. The Labute approximate surface area is 106 Å². The third-order valence-corrected chi connectivity index (χ3v) is 3.91. The Morgan fingerprint density at radius 3 is 2.38 bits per heavy atom. The smallest absolute Gasteiger partial charge is 0.279 e. The first-order valence-electron chi connectivity index (χ1n) is 3.93. The van der Waals surface area contributed by atoms with Crippen molar-refractivity contribution in [3.05, 3.63) is 23.8 Å². The lowest BCUT2D eigenvalue weighted by Crippen LogP contribution is -2.31. The lowest BCUT2D eigenvalue weighted by molar-refractivity contribution is -0.113. The van der Waals surface area contributed by atoms with Crippen molar-refractivity contribution < 1.29 is 18.0 Å². The van der Waals surface area contributed by atoms with Gasteiger partial charge in [-0.1, -0.05) is 18.2 Å². The molecule has 1 atom stereocenters. The zero-order valence-corrected chi connectivity index (χ0v) is 10.7. The first-order valence-corrected chi connectivity index (χ1v) is 6.99. The van der Waals surface area contributed by atoms with Crippen molar-refractivity contribution in [1.82, 2.24) is 0 Å². The Hall–Kier alpha value is -0.360. The van der Waals surface area contributed by atoms with Gasteiger partial charge in [0.1, 0.15) is 4.87 Å². The molecule has 1 aliphatic rings. The molecule has 88 valence electrons. The van der Waals surface area contributed by atoms with Crippen molar-refractivity contribution in [2.45, 2.75) is 11.3 Å². The fourth-order valence-electron chi connectivity index (χ4n) is 1.14. The van der Waals surface area contributed by atoms with E-state index in [9.17, 15) is 18.0 Å². The van der Waals surface area contributed by atoms with E-state index in [1.165, 1.54) is 18.2 Å². The van der Waals surface area contributed by atoms with Crippen molar-refractivity contribution in [2.75, 3.05) is 0 Å². The fraction of sp³-hybridized carbons (Fsp3) is 0.250. The molecule has 16 heavy (non-hydrogen) atoms. The molecule has 0 aromatic rings. The Kier molecular flexibility index (Phi) is 3.84. The molecule has 0 amide bonds. The van der Waals surface area contributed by atoms with Crippen molar-refractivity contribution in [2.24, 2.45) is 0 Å². The van der Waals surface area contributed by atoms with Crippen molar-refractivity contribution in [3.8, 4) is 0 Å². The maximum atomic E-state index is 11.3. The molecule has 0 aromatic carbocycles. The zero-order valence-electron chi connectivity index (χ0n) is 7.61. The molecule has 0 saturated carbocycles. The maximum absolute atomic E-state index is 11.3. The monoisotopic (exact) mass is 302 g/mol. The quantitative estimate of drug-likeness (QED) is 0.575. The molecule has 0 N–H and O–H groups in total. The van der Waals surface area contributed by atoms with E-state index in [1.807, 2.05) is 0 Å². The van der Waals surface area contributed by atoms with E-state index in [0.29, 0.717) is 0 Å². The Morgan fingerprint density at radius 1 is 1.38 bits per heavy atom. The van der Waals surface area contributed by atoms with E-state index in [-0.39, 0.29) is 12.0 Å². The van der Waals surface area contributed by atoms with Crippen LogP contribution in [-0.4, -0.2) is 23.6 Å². The predicted molar refractivity (Wildman–Crippen MR) is 61.1 cm³/mol. The average molecular weight is 304 g/mol. The van der Waals surface area contributed by atoms with Crippen LogP contribution in [0.2, 0.25) is 0 Å². The van der Waals surface area contributed by atoms with Crippen LogP contribution in [0.25, 0.3) is 0 Å². The van der Waals surface area contributed by atoms with Crippen LogP contribution in [0.15, 0.2) is 23.8 Å².